The fourth-order valence-electron chi connectivity index (χ4n) is 0.941. The summed E-state index contributed by atoms with van der Waals surface area (Å²) >= 11 is 4.83. The predicted molar refractivity (Wildman–Crippen MR) is 62.2 cm³/mol. The number of hydrogen-bond acceptors (Lipinski definition) is 2. The Bertz CT molecular complexity index is 218. The molecular formula is C9H19N3OS. The van der Waals surface area contributed by atoms with Crippen molar-refractivity contribution in [3.8, 4) is 0 Å². The number of urea groups is 1. The van der Waals surface area contributed by atoms with Gasteiger partial charge in [-0.1, -0.05) is 19.1 Å². The van der Waals surface area contributed by atoms with Crippen LogP contribution >= 0.6 is 12.2 Å². The Hall–Kier alpha value is -0.840. The minimum atomic E-state index is -0.0944. The fourth-order valence-corrected chi connectivity index (χ4v) is 1.02. The van der Waals surface area contributed by atoms with E-state index in [9.17, 15) is 4.79 Å². The van der Waals surface area contributed by atoms with Crippen LogP contribution in [0.4, 0.5) is 4.79 Å². The van der Waals surface area contributed by atoms with Crippen molar-refractivity contribution in [1.82, 2.24) is 10.2 Å². The third-order valence-corrected chi connectivity index (χ3v) is 2.19. The second-order valence-corrected chi connectivity index (χ2v) is 4.26. The zero-order valence-electron chi connectivity index (χ0n) is 9.20. The van der Waals surface area contributed by atoms with Gasteiger partial charge in [0.2, 0.25) is 0 Å². The molecule has 0 heterocycles. The van der Waals surface area contributed by atoms with Crippen molar-refractivity contribution >= 4 is 23.2 Å². The van der Waals surface area contributed by atoms with E-state index in [1.54, 1.807) is 11.9 Å². The summed E-state index contributed by atoms with van der Waals surface area (Å²) in [6, 6.07) is 0.0492. The molecule has 0 aliphatic rings. The second kappa shape index (κ2) is 5.80. The summed E-state index contributed by atoms with van der Waals surface area (Å²) in [5, 5.41) is 2.79. The van der Waals surface area contributed by atoms with Crippen LogP contribution in [-0.2, 0) is 0 Å². The smallest absolute Gasteiger partial charge is 0.317 e. The quantitative estimate of drug-likeness (QED) is 0.690. The van der Waals surface area contributed by atoms with Gasteiger partial charge in [0, 0.05) is 25.6 Å². The van der Waals surface area contributed by atoms with Gasteiger partial charge < -0.3 is 16.0 Å². The number of nitrogens with one attached hydrogen (secondary N) is 1. The lowest BCUT2D eigenvalue weighted by molar-refractivity contribution is 0.203. The molecular weight excluding hydrogens is 198 g/mol. The van der Waals surface area contributed by atoms with Gasteiger partial charge in [0.1, 0.15) is 0 Å². The van der Waals surface area contributed by atoms with Gasteiger partial charge in [-0.15, -0.1) is 0 Å². The highest BCUT2D eigenvalue weighted by atomic mass is 32.1. The highest BCUT2D eigenvalue weighted by Crippen LogP contribution is 1.99. The largest absolute Gasteiger partial charge is 0.393 e. The summed E-state index contributed by atoms with van der Waals surface area (Å²) in [5.41, 5.74) is 5.46. The molecule has 0 aliphatic heterocycles. The Balaban J connectivity index is 4.01. The Morgan fingerprint density at radius 2 is 2.00 bits per heavy atom. The molecule has 0 aromatic heterocycles. The van der Waals surface area contributed by atoms with Gasteiger partial charge in [-0.3, -0.25) is 0 Å². The van der Waals surface area contributed by atoms with Gasteiger partial charge in [0.15, 0.2) is 0 Å². The average molecular weight is 217 g/mol. The molecule has 4 nitrogen and oxygen atoms in total. The van der Waals surface area contributed by atoms with Gasteiger partial charge in [-0.05, 0) is 13.8 Å². The molecule has 3 N–H and O–H groups in total. The first kappa shape index (κ1) is 13.2. The van der Waals surface area contributed by atoms with E-state index in [0.29, 0.717) is 11.5 Å². The van der Waals surface area contributed by atoms with Crippen molar-refractivity contribution in [2.24, 2.45) is 11.7 Å². The second-order valence-electron chi connectivity index (χ2n) is 3.79. The van der Waals surface area contributed by atoms with E-state index in [-0.39, 0.29) is 18.0 Å². The van der Waals surface area contributed by atoms with Crippen LogP contribution in [0.15, 0.2) is 0 Å². The van der Waals surface area contributed by atoms with Crippen LogP contribution in [0.5, 0.6) is 0 Å². The van der Waals surface area contributed by atoms with Crippen molar-refractivity contribution in [3.05, 3.63) is 0 Å². The maximum atomic E-state index is 11.4. The van der Waals surface area contributed by atoms with Crippen molar-refractivity contribution in [3.63, 3.8) is 0 Å². The lowest BCUT2D eigenvalue weighted by Gasteiger charge is -2.22. The first-order chi connectivity index (χ1) is 6.34. The summed E-state index contributed by atoms with van der Waals surface area (Å²) in [6.07, 6.45) is 0. The van der Waals surface area contributed by atoms with Gasteiger partial charge in [0.05, 0.1) is 4.99 Å². The number of carbonyl (C=O) groups excluding carboxylic acids is 1. The van der Waals surface area contributed by atoms with E-state index in [1.165, 1.54) is 0 Å². The maximum absolute atomic E-state index is 11.4. The van der Waals surface area contributed by atoms with Crippen LogP contribution in [0.2, 0.25) is 0 Å². The van der Waals surface area contributed by atoms with E-state index in [2.05, 4.69) is 5.32 Å². The third-order valence-electron chi connectivity index (χ3n) is 1.79. The molecule has 82 valence electrons. The number of nitrogens with zero attached hydrogens (tertiary/aromatic N) is 1. The monoisotopic (exact) mass is 217 g/mol. The Labute approximate surface area is 90.8 Å². The number of thiocarbonyl (C=S) groups is 1. The van der Waals surface area contributed by atoms with E-state index in [0.717, 1.165) is 0 Å². The van der Waals surface area contributed by atoms with Gasteiger partial charge in [-0.25, -0.2) is 4.79 Å². The normalized spacial score (nSPS) is 12.4. The summed E-state index contributed by atoms with van der Waals surface area (Å²) in [6.45, 7) is 6.29. The Morgan fingerprint density at radius 3 is 2.36 bits per heavy atom. The topological polar surface area (TPSA) is 58.4 Å². The number of nitrogens with two attached hydrogens (primary N) is 1. The van der Waals surface area contributed by atoms with Gasteiger partial charge >= 0.3 is 6.03 Å². The molecule has 0 bridgehead atoms. The van der Waals surface area contributed by atoms with Crippen LogP contribution < -0.4 is 11.1 Å². The van der Waals surface area contributed by atoms with Crippen molar-refractivity contribution < 1.29 is 4.79 Å². The van der Waals surface area contributed by atoms with Crippen molar-refractivity contribution in [2.75, 3.05) is 13.6 Å². The Morgan fingerprint density at radius 1 is 1.50 bits per heavy atom. The molecule has 2 amide bonds. The number of carbonyl (C=O) groups is 1. The number of rotatable bonds is 4. The van der Waals surface area contributed by atoms with Crippen LogP contribution in [0.25, 0.3) is 0 Å². The maximum Gasteiger partial charge on any atom is 0.317 e. The molecule has 14 heavy (non-hydrogen) atoms. The lowest BCUT2D eigenvalue weighted by atomic mass is 10.2. The molecule has 0 radical (unpaired) electrons. The summed E-state index contributed by atoms with van der Waals surface area (Å²) in [5.74, 6) is 0.0490. The molecule has 0 fully saturated rings. The molecule has 0 rings (SSSR count). The van der Waals surface area contributed by atoms with Crippen LogP contribution in [0.1, 0.15) is 20.8 Å². The summed E-state index contributed by atoms with van der Waals surface area (Å²) in [7, 11) is 1.73. The molecule has 0 spiro atoms. The van der Waals surface area contributed by atoms with E-state index in [4.69, 9.17) is 18.0 Å². The van der Waals surface area contributed by atoms with Crippen LogP contribution in [0.3, 0.4) is 0 Å². The zero-order chi connectivity index (χ0) is 11.3. The molecule has 0 aromatic carbocycles. The van der Waals surface area contributed by atoms with Crippen LogP contribution in [-0.4, -0.2) is 35.6 Å². The highest BCUT2D eigenvalue weighted by molar-refractivity contribution is 7.80. The molecule has 0 saturated heterocycles. The zero-order valence-corrected chi connectivity index (χ0v) is 10.0. The first-order valence-electron chi connectivity index (χ1n) is 4.65. The summed E-state index contributed by atoms with van der Waals surface area (Å²) < 4.78 is 0. The van der Waals surface area contributed by atoms with Crippen molar-refractivity contribution in [1.29, 1.82) is 0 Å². The molecule has 1 unspecified atom stereocenters. The minimum Gasteiger partial charge on any atom is -0.393 e. The highest BCUT2D eigenvalue weighted by Gasteiger charge is 2.14. The number of amides is 2. The van der Waals surface area contributed by atoms with Crippen LogP contribution in [0, 0.1) is 5.92 Å². The van der Waals surface area contributed by atoms with Gasteiger partial charge in [-0.2, -0.15) is 0 Å². The Kier molecular flexibility index (Phi) is 5.45. The third kappa shape index (κ3) is 5.01. The molecule has 5 heteroatoms. The summed E-state index contributed by atoms with van der Waals surface area (Å²) in [4.78, 5) is 13.5. The average Bonchev–Trinajstić information content (AvgIpc) is 2.02. The predicted octanol–water partition coefficient (Wildman–Crippen LogP) is 0.958. The molecule has 1 atom stereocenters. The first-order valence-corrected chi connectivity index (χ1v) is 5.06. The molecule has 0 aliphatic carbocycles. The lowest BCUT2D eigenvalue weighted by Crippen LogP contribution is -2.43. The SMILES string of the molecule is CC(C)NC(=O)N(C)CC(C)C(N)=S. The number of hydrogen-bond donors (Lipinski definition) is 2. The minimum absolute atomic E-state index is 0.0490. The molecule has 0 saturated carbocycles. The standard InChI is InChI=1S/C9H19N3OS/c1-6(2)11-9(13)12(4)5-7(3)8(10)14/h6-7H,5H2,1-4H3,(H2,10,14)(H,11,13). The fraction of sp³-hybridized carbons (Fsp3) is 0.778. The van der Waals surface area contributed by atoms with E-state index >= 15 is 0 Å². The van der Waals surface area contributed by atoms with Gasteiger partial charge in [0.25, 0.3) is 0 Å². The van der Waals surface area contributed by atoms with E-state index < -0.39 is 0 Å². The molecule has 0 aromatic rings. The van der Waals surface area contributed by atoms with E-state index in [1.807, 2.05) is 20.8 Å². The van der Waals surface area contributed by atoms with Crippen molar-refractivity contribution in [2.45, 2.75) is 26.8 Å².